The standard InChI is InChI=1S/C15H23NO2/c1-16(2)12-8-4-5-9-13(12)18-15-11-7-6-10-14(15)17-3/h6-7,10-13H,4-5,8-9H2,1-3H3/t12-,13-/m1/s1. The average molecular weight is 249 g/mol. The van der Waals surface area contributed by atoms with Gasteiger partial charge in [0.25, 0.3) is 0 Å². The lowest BCUT2D eigenvalue weighted by Crippen LogP contribution is -2.44. The van der Waals surface area contributed by atoms with Gasteiger partial charge in [0.05, 0.1) is 7.11 Å². The largest absolute Gasteiger partial charge is 0.493 e. The van der Waals surface area contributed by atoms with Crippen LogP contribution >= 0.6 is 0 Å². The van der Waals surface area contributed by atoms with Gasteiger partial charge in [0.15, 0.2) is 11.5 Å². The van der Waals surface area contributed by atoms with Gasteiger partial charge >= 0.3 is 0 Å². The first-order valence-electron chi connectivity index (χ1n) is 6.68. The minimum atomic E-state index is 0.269. The summed E-state index contributed by atoms with van der Waals surface area (Å²) < 4.78 is 11.5. The third-order valence-electron chi connectivity index (χ3n) is 3.68. The van der Waals surface area contributed by atoms with E-state index in [1.54, 1.807) is 7.11 Å². The first-order chi connectivity index (χ1) is 8.72. The number of likely N-dealkylation sites (N-methyl/N-ethyl adjacent to an activating group) is 1. The van der Waals surface area contributed by atoms with Gasteiger partial charge in [-0.25, -0.2) is 0 Å². The lowest BCUT2D eigenvalue weighted by Gasteiger charge is -2.36. The van der Waals surface area contributed by atoms with Crippen LogP contribution in [0, 0.1) is 0 Å². The van der Waals surface area contributed by atoms with Crippen LogP contribution in [0.15, 0.2) is 24.3 Å². The van der Waals surface area contributed by atoms with E-state index in [0.717, 1.165) is 17.9 Å². The Morgan fingerprint density at radius 3 is 2.39 bits per heavy atom. The van der Waals surface area contributed by atoms with E-state index >= 15 is 0 Å². The molecule has 0 radical (unpaired) electrons. The van der Waals surface area contributed by atoms with Crippen LogP contribution in [0.3, 0.4) is 0 Å². The molecule has 1 aromatic rings. The lowest BCUT2D eigenvalue weighted by molar-refractivity contribution is 0.0602. The third kappa shape index (κ3) is 2.96. The predicted octanol–water partition coefficient (Wildman–Crippen LogP) is 2.95. The van der Waals surface area contributed by atoms with E-state index in [2.05, 4.69) is 19.0 Å². The zero-order valence-electron chi connectivity index (χ0n) is 11.6. The highest BCUT2D eigenvalue weighted by molar-refractivity contribution is 5.39. The number of nitrogens with zero attached hydrogens (tertiary/aromatic N) is 1. The van der Waals surface area contributed by atoms with Gasteiger partial charge in [0.1, 0.15) is 6.10 Å². The van der Waals surface area contributed by atoms with Gasteiger partial charge in [0.2, 0.25) is 0 Å². The second kappa shape index (κ2) is 6.10. The maximum absolute atomic E-state index is 6.18. The summed E-state index contributed by atoms with van der Waals surface area (Å²) in [7, 11) is 5.95. The topological polar surface area (TPSA) is 21.7 Å². The molecule has 1 aliphatic rings. The normalized spacial score (nSPS) is 24.0. The average Bonchev–Trinajstić information content (AvgIpc) is 2.40. The Labute approximate surface area is 110 Å². The number of rotatable bonds is 4. The maximum Gasteiger partial charge on any atom is 0.161 e. The monoisotopic (exact) mass is 249 g/mol. The Hall–Kier alpha value is -1.22. The molecule has 0 aliphatic heterocycles. The molecule has 0 saturated heterocycles. The molecule has 3 heteroatoms. The van der Waals surface area contributed by atoms with Crippen LogP contribution in [0.2, 0.25) is 0 Å². The van der Waals surface area contributed by atoms with Crippen molar-refractivity contribution in [3.8, 4) is 11.5 Å². The summed E-state index contributed by atoms with van der Waals surface area (Å²) in [5.41, 5.74) is 0. The van der Waals surface area contributed by atoms with Crippen LogP contribution < -0.4 is 9.47 Å². The number of para-hydroxylation sites is 2. The molecule has 2 rings (SSSR count). The fourth-order valence-corrected chi connectivity index (χ4v) is 2.68. The van der Waals surface area contributed by atoms with Gasteiger partial charge in [-0.3, -0.25) is 0 Å². The van der Waals surface area contributed by atoms with Crippen LogP contribution in [0.25, 0.3) is 0 Å². The van der Waals surface area contributed by atoms with E-state index in [0.29, 0.717) is 6.04 Å². The molecule has 2 atom stereocenters. The molecule has 0 unspecified atom stereocenters. The number of ether oxygens (including phenoxy) is 2. The van der Waals surface area contributed by atoms with Gasteiger partial charge in [-0.05, 0) is 45.5 Å². The quantitative estimate of drug-likeness (QED) is 0.819. The summed E-state index contributed by atoms with van der Waals surface area (Å²) in [4.78, 5) is 2.28. The predicted molar refractivity (Wildman–Crippen MR) is 73.4 cm³/mol. The number of methoxy groups -OCH3 is 1. The van der Waals surface area contributed by atoms with Crippen molar-refractivity contribution in [2.75, 3.05) is 21.2 Å². The minimum Gasteiger partial charge on any atom is -0.493 e. The Kier molecular flexibility index (Phi) is 4.48. The van der Waals surface area contributed by atoms with Crippen LogP contribution in [0.1, 0.15) is 25.7 Å². The van der Waals surface area contributed by atoms with Crippen LogP contribution in [-0.2, 0) is 0 Å². The molecule has 0 heterocycles. The lowest BCUT2D eigenvalue weighted by atomic mass is 9.91. The second-order valence-corrected chi connectivity index (χ2v) is 5.12. The highest BCUT2D eigenvalue weighted by atomic mass is 16.5. The van der Waals surface area contributed by atoms with Crippen molar-refractivity contribution >= 4 is 0 Å². The van der Waals surface area contributed by atoms with Crippen molar-refractivity contribution in [3.05, 3.63) is 24.3 Å². The van der Waals surface area contributed by atoms with E-state index in [9.17, 15) is 0 Å². The Morgan fingerprint density at radius 2 is 1.72 bits per heavy atom. The second-order valence-electron chi connectivity index (χ2n) is 5.12. The van der Waals surface area contributed by atoms with E-state index in [4.69, 9.17) is 9.47 Å². The van der Waals surface area contributed by atoms with Crippen molar-refractivity contribution in [2.24, 2.45) is 0 Å². The SMILES string of the molecule is COc1ccccc1O[C@@H]1CCCC[C@H]1N(C)C. The smallest absolute Gasteiger partial charge is 0.161 e. The fourth-order valence-electron chi connectivity index (χ4n) is 2.68. The molecule has 1 fully saturated rings. The molecule has 1 aromatic carbocycles. The third-order valence-corrected chi connectivity index (χ3v) is 3.68. The van der Waals surface area contributed by atoms with Crippen LogP contribution in [0.4, 0.5) is 0 Å². The molecular weight excluding hydrogens is 226 g/mol. The first kappa shape index (κ1) is 13.2. The molecule has 0 N–H and O–H groups in total. The first-order valence-corrected chi connectivity index (χ1v) is 6.68. The van der Waals surface area contributed by atoms with Crippen LogP contribution in [-0.4, -0.2) is 38.3 Å². The molecule has 18 heavy (non-hydrogen) atoms. The molecule has 0 bridgehead atoms. The Morgan fingerprint density at radius 1 is 1.06 bits per heavy atom. The van der Waals surface area contributed by atoms with Crippen molar-refractivity contribution in [2.45, 2.75) is 37.8 Å². The molecule has 0 aromatic heterocycles. The summed E-state index contributed by atoms with van der Waals surface area (Å²) in [5, 5.41) is 0. The highest BCUT2D eigenvalue weighted by Crippen LogP contribution is 2.31. The molecule has 0 amide bonds. The zero-order valence-corrected chi connectivity index (χ0v) is 11.6. The van der Waals surface area contributed by atoms with Gasteiger partial charge < -0.3 is 14.4 Å². The van der Waals surface area contributed by atoms with Crippen LogP contribution in [0.5, 0.6) is 11.5 Å². The van der Waals surface area contributed by atoms with E-state index in [-0.39, 0.29) is 6.10 Å². The molecule has 3 nitrogen and oxygen atoms in total. The highest BCUT2D eigenvalue weighted by Gasteiger charge is 2.28. The molecule has 1 saturated carbocycles. The zero-order chi connectivity index (χ0) is 13.0. The van der Waals surface area contributed by atoms with E-state index in [1.165, 1.54) is 19.3 Å². The Balaban J connectivity index is 2.11. The molecule has 0 spiro atoms. The molecular formula is C15H23NO2. The summed E-state index contributed by atoms with van der Waals surface area (Å²) >= 11 is 0. The molecule has 100 valence electrons. The van der Waals surface area contributed by atoms with Crippen molar-refractivity contribution in [3.63, 3.8) is 0 Å². The fraction of sp³-hybridized carbons (Fsp3) is 0.600. The van der Waals surface area contributed by atoms with E-state index < -0.39 is 0 Å². The Bertz CT molecular complexity index is 379. The van der Waals surface area contributed by atoms with Crippen molar-refractivity contribution in [1.82, 2.24) is 4.90 Å². The van der Waals surface area contributed by atoms with Gasteiger partial charge in [-0.1, -0.05) is 18.6 Å². The summed E-state index contributed by atoms with van der Waals surface area (Å²) in [6.07, 6.45) is 5.16. The van der Waals surface area contributed by atoms with Gasteiger partial charge in [-0.2, -0.15) is 0 Å². The summed E-state index contributed by atoms with van der Waals surface area (Å²) in [5.74, 6) is 1.68. The summed E-state index contributed by atoms with van der Waals surface area (Å²) in [6, 6.07) is 8.40. The van der Waals surface area contributed by atoms with Gasteiger partial charge in [0, 0.05) is 6.04 Å². The number of hydrogen-bond donors (Lipinski definition) is 0. The number of benzene rings is 1. The molecule has 1 aliphatic carbocycles. The van der Waals surface area contributed by atoms with Crippen molar-refractivity contribution < 1.29 is 9.47 Å². The summed E-state index contributed by atoms with van der Waals surface area (Å²) in [6.45, 7) is 0. The maximum atomic E-state index is 6.18. The van der Waals surface area contributed by atoms with Gasteiger partial charge in [-0.15, -0.1) is 0 Å². The number of hydrogen-bond acceptors (Lipinski definition) is 3. The van der Waals surface area contributed by atoms with E-state index in [1.807, 2.05) is 24.3 Å². The minimum absolute atomic E-state index is 0.269. The van der Waals surface area contributed by atoms with Crippen molar-refractivity contribution in [1.29, 1.82) is 0 Å².